The smallest absolute Gasteiger partial charge is 0.217 e. The Balaban J connectivity index is 0. The van der Waals surface area contributed by atoms with Gasteiger partial charge in [0.1, 0.15) is 0 Å². The second-order valence-corrected chi connectivity index (χ2v) is 1.54. The first-order valence-electron chi connectivity index (χ1n) is 2.29. The predicted molar refractivity (Wildman–Crippen MR) is 32.4 cm³/mol. The summed E-state index contributed by atoms with van der Waals surface area (Å²) in [5.74, 6) is 0.228. The van der Waals surface area contributed by atoms with Crippen LogP contribution in [0.3, 0.4) is 0 Å². The fourth-order valence-electron chi connectivity index (χ4n) is 0.336. The van der Waals surface area contributed by atoms with E-state index in [-0.39, 0.29) is 25.9 Å². The summed E-state index contributed by atoms with van der Waals surface area (Å²) in [6.07, 6.45) is 2.09. The van der Waals surface area contributed by atoms with Crippen molar-refractivity contribution in [1.82, 2.24) is 0 Å². The molecule has 0 unspecified atom stereocenters. The molecule has 0 aliphatic rings. The number of hydrogen-bond acceptors (Lipinski definition) is 1. The maximum Gasteiger partial charge on any atom is 0.217 e. The summed E-state index contributed by atoms with van der Waals surface area (Å²) < 4.78 is 4.49. The summed E-state index contributed by atoms with van der Waals surface area (Å²) in [7, 11) is 0. The molecule has 1 N–H and O–H groups in total. The molecular formula is C6H10IrO2. The number of aliphatic hydroxyl groups excluding tert-OH is 1. The zero-order valence-electron chi connectivity index (χ0n) is 5.47. The molecule has 0 spiro atoms. The van der Waals surface area contributed by atoms with Crippen molar-refractivity contribution >= 4 is 6.79 Å². The van der Waals surface area contributed by atoms with Gasteiger partial charge in [0.2, 0.25) is 6.10 Å². The van der Waals surface area contributed by atoms with Crippen LogP contribution in [0.4, 0.5) is 0 Å². The van der Waals surface area contributed by atoms with Crippen LogP contribution >= 0.6 is 0 Å². The van der Waals surface area contributed by atoms with Crippen molar-refractivity contribution < 1.29 is 29.6 Å². The first-order valence-corrected chi connectivity index (χ1v) is 2.29. The summed E-state index contributed by atoms with van der Waals surface area (Å²) in [5.41, 5.74) is 0. The van der Waals surface area contributed by atoms with Crippen LogP contribution in [-0.2, 0) is 24.5 Å². The second kappa shape index (κ2) is 5.86. The zero-order chi connectivity index (χ0) is 6.57. The van der Waals surface area contributed by atoms with Crippen molar-refractivity contribution in [3.8, 4) is 0 Å². The second-order valence-electron chi connectivity index (χ2n) is 1.54. The largest absolute Gasteiger partial charge is 0.569 e. The van der Waals surface area contributed by atoms with Gasteiger partial charge in [0.15, 0.2) is 6.79 Å². The van der Waals surface area contributed by atoms with E-state index >= 15 is 0 Å². The van der Waals surface area contributed by atoms with Crippen LogP contribution in [0, 0.1) is 6.10 Å². The van der Waals surface area contributed by atoms with Gasteiger partial charge < -0.3 is 9.53 Å². The van der Waals surface area contributed by atoms with Gasteiger partial charge in [-0.05, 0) is 11.8 Å². The van der Waals surface area contributed by atoms with Crippen LogP contribution in [0.1, 0.15) is 13.8 Å². The maximum absolute atomic E-state index is 8.59. The standard InChI is InChI=1S/C6H10O2.Ir/c1-5(7)4-6(2)8-3;/h4,7H,3H2,1-2H3;/b5-4-;. The van der Waals surface area contributed by atoms with E-state index in [9.17, 15) is 0 Å². The number of aliphatic hydroxyl groups is 1. The maximum atomic E-state index is 8.59. The normalized spacial score (nSPS) is 9.78. The number of hydrogen-bond donors (Lipinski definition) is 1. The molecule has 0 aliphatic heterocycles. The first kappa shape index (κ1) is 11.5. The van der Waals surface area contributed by atoms with E-state index in [0.717, 1.165) is 0 Å². The van der Waals surface area contributed by atoms with Gasteiger partial charge in [-0.15, -0.1) is 0 Å². The van der Waals surface area contributed by atoms with Crippen LogP contribution in [-0.4, -0.2) is 11.9 Å². The molecule has 3 heteroatoms. The summed E-state index contributed by atoms with van der Waals surface area (Å²) in [4.78, 5) is 0. The van der Waals surface area contributed by atoms with Gasteiger partial charge in [-0.1, -0.05) is 6.92 Å². The molecule has 0 saturated heterocycles. The summed E-state index contributed by atoms with van der Waals surface area (Å²) in [6, 6.07) is 0. The van der Waals surface area contributed by atoms with Crippen molar-refractivity contribution in [3.63, 3.8) is 0 Å². The average molecular weight is 306 g/mol. The van der Waals surface area contributed by atoms with E-state index in [1.165, 1.54) is 6.08 Å². The molecule has 0 aromatic carbocycles. The number of allylic oxidation sites excluding steroid dienone is 1. The molecule has 0 fully saturated rings. The fourth-order valence-corrected chi connectivity index (χ4v) is 0.336. The third-order valence-corrected chi connectivity index (χ3v) is 0.640. The van der Waals surface area contributed by atoms with Gasteiger partial charge in [-0.3, -0.25) is 0 Å². The first-order chi connectivity index (χ1) is 3.66. The Morgan fingerprint density at radius 2 is 2.22 bits per heavy atom. The van der Waals surface area contributed by atoms with E-state index in [1.54, 1.807) is 13.8 Å². The molecule has 0 bridgehead atoms. The summed E-state index contributed by atoms with van der Waals surface area (Å²) >= 11 is 0. The van der Waals surface area contributed by atoms with Gasteiger partial charge in [0, 0.05) is 27.0 Å². The molecular weight excluding hydrogens is 296 g/mol. The van der Waals surface area contributed by atoms with Crippen molar-refractivity contribution in [1.29, 1.82) is 0 Å². The Morgan fingerprint density at radius 3 is 2.33 bits per heavy atom. The minimum atomic E-state index is 0. The van der Waals surface area contributed by atoms with E-state index < -0.39 is 0 Å². The molecule has 2 nitrogen and oxygen atoms in total. The van der Waals surface area contributed by atoms with E-state index in [2.05, 4.69) is 11.2 Å². The Labute approximate surface area is 68.6 Å². The van der Waals surface area contributed by atoms with E-state index in [4.69, 9.17) is 5.11 Å². The Kier molecular flexibility index (Phi) is 7.50. The fraction of sp³-hybridized carbons (Fsp3) is 0.333. The molecule has 0 atom stereocenters. The Bertz CT molecular complexity index is 106. The van der Waals surface area contributed by atoms with Crippen LogP contribution in [0.2, 0.25) is 0 Å². The van der Waals surface area contributed by atoms with Crippen molar-refractivity contribution in [2.24, 2.45) is 0 Å². The van der Waals surface area contributed by atoms with Gasteiger partial charge in [0.05, 0.1) is 0 Å². The number of rotatable bonds is 2. The van der Waals surface area contributed by atoms with Crippen molar-refractivity contribution in [3.05, 3.63) is 17.9 Å². The SMILES string of the molecule is C=[O+][C-](C)/C=C(/C)O.[Ir]. The molecule has 55 valence electrons. The monoisotopic (exact) mass is 307 g/mol. The molecule has 0 heterocycles. The minimum Gasteiger partial charge on any atom is -0.569 e. The molecule has 0 aromatic heterocycles. The minimum absolute atomic E-state index is 0. The van der Waals surface area contributed by atoms with Gasteiger partial charge >= 0.3 is 0 Å². The third-order valence-electron chi connectivity index (χ3n) is 0.640. The molecule has 0 saturated carbocycles. The summed E-state index contributed by atoms with van der Waals surface area (Å²) in [5, 5.41) is 8.59. The quantitative estimate of drug-likeness (QED) is 0.466. The van der Waals surface area contributed by atoms with Crippen LogP contribution < -0.4 is 0 Å². The van der Waals surface area contributed by atoms with Crippen molar-refractivity contribution in [2.45, 2.75) is 13.8 Å². The average Bonchev–Trinajstić information content (AvgIpc) is 1.65. The zero-order valence-corrected chi connectivity index (χ0v) is 7.87. The van der Waals surface area contributed by atoms with E-state index in [1.807, 2.05) is 0 Å². The molecule has 0 aliphatic carbocycles. The molecule has 0 aromatic rings. The molecule has 9 heavy (non-hydrogen) atoms. The van der Waals surface area contributed by atoms with Gasteiger partial charge in [0.25, 0.3) is 0 Å². The van der Waals surface area contributed by atoms with Gasteiger partial charge in [-0.2, -0.15) is 0 Å². The van der Waals surface area contributed by atoms with Crippen LogP contribution in [0.25, 0.3) is 0 Å². The van der Waals surface area contributed by atoms with E-state index in [0.29, 0.717) is 6.10 Å². The van der Waals surface area contributed by atoms with Gasteiger partial charge in [-0.25, -0.2) is 0 Å². The molecule has 1 radical (unpaired) electrons. The van der Waals surface area contributed by atoms with Crippen molar-refractivity contribution in [2.75, 3.05) is 0 Å². The molecule has 0 amide bonds. The van der Waals surface area contributed by atoms with Crippen LogP contribution in [0.15, 0.2) is 11.8 Å². The predicted octanol–water partition coefficient (Wildman–Crippen LogP) is 1.36. The third kappa shape index (κ3) is 7.73. The Hall–Kier alpha value is -0.271. The molecule has 0 rings (SSSR count). The van der Waals surface area contributed by atoms with Crippen LogP contribution in [0.5, 0.6) is 0 Å². The number of carbonyl (C=O) groups excluding carboxylic acids is 1. The Morgan fingerprint density at radius 1 is 1.78 bits per heavy atom. The summed E-state index contributed by atoms with van der Waals surface area (Å²) in [6.45, 7) is 6.43. The topological polar surface area (TPSA) is 31.5 Å².